The Morgan fingerprint density at radius 3 is 2.67 bits per heavy atom. The van der Waals surface area contributed by atoms with Gasteiger partial charge in [0.05, 0.1) is 16.6 Å². The van der Waals surface area contributed by atoms with Crippen molar-refractivity contribution in [2.75, 3.05) is 6.54 Å². The minimum absolute atomic E-state index is 0.149. The lowest BCUT2D eigenvalue weighted by atomic mass is 9.97. The van der Waals surface area contributed by atoms with Crippen molar-refractivity contribution in [3.63, 3.8) is 0 Å². The summed E-state index contributed by atoms with van der Waals surface area (Å²) in [7, 11) is 0. The Bertz CT molecular complexity index is 1080. The molecule has 3 aromatic rings. The second-order valence-corrected chi connectivity index (χ2v) is 7.99. The van der Waals surface area contributed by atoms with Crippen molar-refractivity contribution in [3.8, 4) is 5.75 Å². The van der Waals surface area contributed by atoms with Crippen molar-refractivity contribution in [1.82, 2.24) is 10.3 Å². The van der Waals surface area contributed by atoms with Gasteiger partial charge < -0.3 is 15.8 Å². The zero-order chi connectivity index (χ0) is 21.3. The fourth-order valence-electron chi connectivity index (χ4n) is 3.49. The number of rotatable bonds is 7. The van der Waals surface area contributed by atoms with Crippen LogP contribution in [0.25, 0.3) is 10.9 Å². The van der Waals surface area contributed by atoms with Crippen molar-refractivity contribution in [3.05, 3.63) is 71.4 Å². The first-order valence-corrected chi connectivity index (χ1v) is 9.87. The molecule has 0 radical (unpaired) electrons. The number of aromatic nitrogens is 1. The van der Waals surface area contributed by atoms with Crippen LogP contribution in [0.1, 0.15) is 35.7 Å². The molecule has 1 aliphatic carbocycles. The number of amides is 1. The van der Waals surface area contributed by atoms with Gasteiger partial charge in [-0.25, -0.2) is 8.78 Å². The van der Waals surface area contributed by atoms with Crippen LogP contribution in [0.15, 0.2) is 48.7 Å². The Labute approximate surface area is 173 Å². The predicted octanol–water partition coefficient (Wildman–Crippen LogP) is 3.95. The number of ether oxygens (including phenoxy) is 1. The standard InChI is InChI=1S/C23H23F2N3O2/c1-23(26,14-5-6-14)13-28-22(29)16-9-10-27-21-8-7-15(11-17(16)21)30-12-18-19(24)3-2-4-20(18)25/h2-4,7-11,14H,5-6,12-13,26H2,1H3,(H,28,29). The van der Waals surface area contributed by atoms with Crippen LogP contribution in [0.2, 0.25) is 0 Å². The lowest BCUT2D eigenvalue weighted by Gasteiger charge is -2.24. The fourth-order valence-corrected chi connectivity index (χ4v) is 3.49. The van der Waals surface area contributed by atoms with E-state index in [9.17, 15) is 13.6 Å². The molecule has 3 N–H and O–H groups in total. The van der Waals surface area contributed by atoms with Gasteiger partial charge in [-0.2, -0.15) is 0 Å². The fraction of sp³-hybridized carbons (Fsp3) is 0.304. The van der Waals surface area contributed by atoms with E-state index in [2.05, 4.69) is 10.3 Å². The van der Waals surface area contributed by atoms with Crippen LogP contribution in [-0.4, -0.2) is 23.0 Å². The van der Waals surface area contributed by atoms with Crippen LogP contribution in [0, 0.1) is 17.6 Å². The highest BCUT2D eigenvalue weighted by Crippen LogP contribution is 2.37. The van der Waals surface area contributed by atoms with Gasteiger partial charge in [-0.15, -0.1) is 0 Å². The second-order valence-electron chi connectivity index (χ2n) is 7.99. The smallest absolute Gasteiger partial charge is 0.252 e. The summed E-state index contributed by atoms with van der Waals surface area (Å²) in [6.07, 6.45) is 3.74. The molecule has 1 aliphatic rings. The molecule has 1 atom stereocenters. The molecule has 1 heterocycles. The number of carbonyl (C=O) groups is 1. The molecule has 1 saturated carbocycles. The highest BCUT2D eigenvalue weighted by atomic mass is 19.1. The maximum absolute atomic E-state index is 13.8. The van der Waals surface area contributed by atoms with Crippen molar-refractivity contribution in [2.24, 2.45) is 11.7 Å². The SMILES string of the molecule is CC(N)(CNC(=O)c1ccnc2ccc(OCc3c(F)cccc3F)cc12)C1CC1. The van der Waals surface area contributed by atoms with Gasteiger partial charge in [0, 0.05) is 23.7 Å². The molecule has 4 rings (SSSR count). The highest BCUT2D eigenvalue weighted by Gasteiger charge is 2.38. The number of fused-ring (bicyclic) bond motifs is 1. The number of hydrogen-bond donors (Lipinski definition) is 2. The van der Waals surface area contributed by atoms with Gasteiger partial charge >= 0.3 is 0 Å². The Morgan fingerprint density at radius 2 is 1.97 bits per heavy atom. The number of nitrogens with two attached hydrogens (primary N) is 1. The molecular formula is C23H23F2N3O2. The van der Waals surface area contributed by atoms with Crippen LogP contribution in [0.3, 0.4) is 0 Å². The maximum atomic E-state index is 13.8. The molecule has 0 bridgehead atoms. The van der Waals surface area contributed by atoms with Gasteiger partial charge in [0.25, 0.3) is 5.91 Å². The molecule has 0 saturated heterocycles. The highest BCUT2D eigenvalue weighted by molar-refractivity contribution is 6.06. The van der Waals surface area contributed by atoms with Gasteiger partial charge in [0.1, 0.15) is 24.0 Å². The first kappa shape index (κ1) is 20.2. The summed E-state index contributed by atoms with van der Waals surface area (Å²) in [5.74, 6) is -0.771. The number of carbonyl (C=O) groups excluding carboxylic acids is 1. The van der Waals surface area contributed by atoms with Gasteiger partial charge in [0.15, 0.2) is 0 Å². The minimum Gasteiger partial charge on any atom is -0.489 e. The van der Waals surface area contributed by atoms with Crippen LogP contribution in [0.4, 0.5) is 8.78 Å². The average molecular weight is 411 g/mol. The average Bonchev–Trinajstić information content (AvgIpc) is 3.57. The van der Waals surface area contributed by atoms with Crippen molar-refractivity contribution >= 4 is 16.8 Å². The van der Waals surface area contributed by atoms with Crippen LogP contribution >= 0.6 is 0 Å². The lowest BCUT2D eigenvalue weighted by Crippen LogP contribution is -2.49. The molecule has 1 amide bonds. The largest absolute Gasteiger partial charge is 0.489 e. The van der Waals surface area contributed by atoms with Crippen LogP contribution < -0.4 is 15.8 Å². The summed E-state index contributed by atoms with van der Waals surface area (Å²) in [4.78, 5) is 17.1. The molecule has 0 aliphatic heterocycles. The molecular weight excluding hydrogens is 388 g/mol. The second kappa shape index (κ2) is 7.99. The summed E-state index contributed by atoms with van der Waals surface area (Å²) in [6.45, 7) is 2.06. The van der Waals surface area contributed by atoms with E-state index in [1.165, 1.54) is 18.2 Å². The third kappa shape index (κ3) is 4.26. The van der Waals surface area contributed by atoms with E-state index in [0.717, 1.165) is 12.8 Å². The first-order chi connectivity index (χ1) is 14.3. The molecule has 156 valence electrons. The third-order valence-electron chi connectivity index (χ3n) is 5.54. The zero-order valence-corrected chi connectivity index (χ0v) is 16.6. The molecule has 0 spiro atoms. The van der Waals surface area contributed by atoms with Gasteiger partial charge in [-0.1, -0.05) is 6.07 Å². The summed E-state index contributed by atoms with van der Waals surface area (Å²) in [5, 5.41) is 3.50. The van der Waals surface area contributed by atoms with Crippen LogP contribution in [-0.2, 0) is 6.61 Å². The van der Waals surface area contributed by atoms with Gasteiger partial charge in [0.2, 0.25) is 0 Å². The van der Waals surface area contributed by atoms with E-state index in [1.807, 2.05) is 6.92 Å². The summed E-state index contributed by atoms with van der Waals surface area (Å²) in [5.41, 5.74) is 6.77. The molecule has 7 heteroatoms. The van der Waals surface area contributed by atoms with Crippen LogP contribution in [0.5, 0.6) is 5.75 Å². The Hall–Kier alpha value is -3.06. The van der Waals surface area contributed by atoms with Crippen molar-refractivity contribution < 1.29 is 18.3 Å². The molecule has 5 nitrogen and oxygen atoms in total. The van der Waals surface area contributed by atoms with Crippen molar-refractivity contribution in [1.29, 1.82) is 0 Å². The number of pyridine rings is 1. The van der Waals surface area contributed by atoms with Gasteiger partial charge in [-0.3, -0.25) is 9.78 Å². The summed E-state index contributed by atoms with van der Waals surface area (Å²) >= 11 is 0. The molecule has 30 heavy (non-hydrogen) atoms. The van der Waals surface area contributed by atoms with E-state index in [1.54, 1.807) is 30.5 Å². The quantitative estimate of drug-likeness (QED) is 0.617. The Kier molecular flexibility index (Phi) is 5.39. The topological polar surface area (TPSA) is 77.2 Å². The number of nitrogens with one attached hydrogen (secondary N) is 1. The summed E-state index contributed by atoms with van der Waals surface area (Å²) < 4.78 is 33.2. The normalized spacial score (nSPS) is 15.6. The first-order valence-electron chi connectivity index (χ1n) is 9.87. The monoisotopic (exact) mass is 411 g/mol. The number of nitrogens with zero attached hydrogens (tertiary/aromatic N) is 1. The van der Waals surface area contributed by atoms with Gasteiger partial charge in [-0.05, 0) is 62.1 Å². The number of halogens is 2. The number of hydrogen-bond acceptors (Lipinski definition) is 4. The van der Waals surface area contributed by atoms with E-state index >= 15 is 0 Å². The molecule has 1 unspecified atom stereocenters. The zero-order valence-electron chi connectivity index (χ0n) is 16.6. The lowest BCUT2D eigenvalue weighted by molar-refractivity contribution is 0.0944. The number of benzene rings is 2. The van der Waals surface area contributed by atoms with E-state index in [-0.39, 0.29) is 18.1 Å². The summed E-state index contributed by atoms with van der Waals surface area (Å²) in [6, 6.07) is 10.3. The van der Waals surface area contributed by atoms with E-state index in [0.29, 0.717) is 34.7 Å². The molecule has 1 aromatic heterocycles. The molecule has 2 aromatic carbocycles. The Balaban J connectivity index is 1.53. The van der Waals surface area contributed by atoms with E-state index in [4.69, 9.17) is 10.5 Å². The van der Waals surface area contributed by atoms with E-state index < -0.39 is 17.2 Å². The van der Waals surface area contributed by atoms with Crippen molar-refractivity contribution in [2.45, 2.75) is 31.9 Å². The maximum Gasteiger partial charge on any atom is 0.252 e. The third-order valence-corrected chi connectivity index (χ3v) is 5.54. The predicted molar refractivity (Wildman–Crippen MR) is 110 cm³/mol. The Morgan fingerprint density at radius 1 is 1.23 bits per heavy atom. The molecule has 1 fully saturated rings. The minimum atomic E-state index is -0.669.